The number of hydrazine groups is 1. The summed E-state index contributed by atoms with van der Waals surface area (Å²) in [5.41, 5.74) is 7.19. The van der Waals surface area contributed by atoms with Crippen LogP contribution in [0.25, 0.3) is 0 Å². The SMILES string of the molecule is O=C1N=CC2=C1CNN2. The molecule has 0 saturated heterocycles. The van der Waals surface area contributed by atoms with Crippen molar-refractivity contribution in [3.05, 3.63) is 11.3 Å². The number of amides is 1. The molecule has 2 aliphatic rings. The Labute approximate surface area is 51.6 Å². The van der Waals surface area contributed by atoms with Gasteiger partial charge in [-0.3, -0.25) is 4.79 Å². The van der Waals surface area contributed by atoms with Crippen molar-refractivity contribution < 1.29 is 4.79 Å². The number of rotatable bonds is 0. The van der Waals surface area contributed by atoms with E-state index in [1.807, 2.05) is 0 Å². The largest absolute Gasteiger partial charge is 0.319 e. The lowest BCUT2D eigenvalue weighted by Gasteiger charge is -1.92. The molecule has 2 rings (SSSR count). The molecule has 0 fully saturated rings. The van der Waals surface area contributed by atoms with Gasteiger partial charge >= 0.3 is 0 Å². The lowest BCUT2D eigenvalue weighted by molar-refractivity contribution is -0.114. The van der Waals surface area contributed by atoms with Crippen molar-refractivity contribution in [2.45, 2.75) is 0 Å². The number of nitrogens with zero attached hydrogens (tertiary/aromatic N) is 1. The van der Waals surface area contributed by atoms with Crippen LogP contribution in [-0.2, 0) is 4.79 Å². The van der Waals surface area contributed by atoms with Crippen LogP contribution in [0.5, 0.6) is 0 Å². The molecule has 0 bridgehead atoms. The average Bonchev–Trinajstić information content (AvgIpc) is 2.35. The van der Waals surface area contributed by atoms with Gasteiger partial charge in [-0.25, -0.2) is 10.4 Å². The van der Waals surface area contributed by atoms with Gasteiger partial charge in [0.15, 0.2) is 0 Å². The molecule has 0 saturated carbocycles. The first-order valence-electron chi connectivity index (χ1n) is 2.68. The topological polar surface area (TPSA) is 53.5 Å². The minimum absolute atomic E-state index is 0.123. The third-order valence-corrected chi connectivity index (χ3v) is 1.38. The van der Waals surface area contributed by atoms with E-state index < -0.39 is 0 Å². The van der Waals surface area contributed by atoms with E-state index in [1.165, 1.54) is 6.21 Å². The van der Waals surface area contributed by atoms with Crippen LogP contribution in [-0.4, -0.2) is 18.7 Å². The second-order valence-corrected chi connectivity index (χ2v) is 1.93. The number of allylic oxidation sites excluding steroid dienone is 1. The fraction of sp³-hybridized carbons (Fsp3) is 0.200. The van der Waals surface area contributed by atoms with Crippen LogP contribution in [0.15, 0.2) is 16.3 Å². The van der Waals surface area contributed by atoms with Gasteiger partial charge in [-0.05, 0) is 0 Å². The number of carbonyl (C=O) groups excluding carboxylic acids is 1. The smallest absolute Gasteiger partial charge is 0.276 e. The van der Waals surface area contributed by atoms with Crippen LogP contribution in [0.1, 0.15) is 0 Å². The van der Waals surface area contributed by atoms with Crippen LogP contribution in [0.4, 0.5) is 0 Å². The van der Waals surface area contributed by atoms with Gasteiger partial charge < -0.3 is 5.43 Å². The Morgan fingerprint density at radius 1 is 1.67 bits per heavy atom. The molecule has 2 heterocycles. The van der Waals surface area contributed by atoms with Gasteiger partial charge in [0.05, 0.1) is 17.5 Å². The van der Waals surface area contributed by atoms with E-state index in [-0.39, 0.29) is 5.91 Å². The molecule has 4 heteroatoms. The first-order valence-corrected chi connectivity index (χ1v) is 2.68. The predicted molar refractivity (Wildman–Crippen MR) is 31.7 cm³/mol. The van der Waals surface area contributed by atoms with Crippen LogP contribution in [0, 0.1) is 0 Å². The predicted octanol–water partition coefficient (Wildman–Crippen LogP) is -1.04. The molecule has 1 amide bonds. The first-order chi connectivity index (χ1) is 4.38. The summed E-state index contributed by atoms with van der Waals surface area (Å²) >= 11 is 0. The van der Waals surface area contributed by atoms with E-state index in [9.17, 15) is 4.79 Å². The Morgan fingerprint density at radius 3 is 3.33 bits per heavy atom. The number of nitrogens with one attached hydrogen (secondary N) is 2. The number of aliphatic imine (C=N–C) groups is 1. The zero-order chi connectivity index (χ0) is 6.27. The lowest BCUT2D eigenvalue weighted by Crippen LogP contribution is -2.25. The highest BCUT2D eigenvalue weighted by Crippen LogP contribution is 2.10. The molecule has 0 aromatic carbocycles. The maximum Gasteiger partial charge on any atom is 0.276 e. The molecule has 46 valence electrons. The van der Waals surface area contributed by atoms with Gasteiger partial charge in [-0.1, -0.05) is 0 Å². The van der Waals surface area contributed by atoms with Crippen molar-refractivity contribution in [2.75, 3.05) is 6.54 Å². The van der Waals surface area contributed by atoms with Crippen molar-refractivity contribution in [1.82, 2.24) is 10.9 Å². The highest BCUT2D eigenvalue weighted by atomic mass is 16.1. The molecule has 0 spiro atoms. The van der Waals surface area contributed by atoms with E-state index in [0.717, 1.165) is 11.3 Å². The fourth-order valence-corrected chi connectivity index (χ4v) is 0.901. The third kappa shape index (κ3) is 0.503. The molecule has 4 nitrogen and oxygen atoms in total. The van der Waals surface area contributed by atoms with E-state index in [1.54, 1.807) is 0 Å². The normalized spacial score (nSPS) is 22.9. The summed E-state index contributed by atoms with van der Waals surface area (Å²) in [6.07, 6.45) is 1.54. The first kappa shape index (κ1) is 4.69. The quantitative estimate of drug-likeness (QED) is 0.432. The maximum absolute atomic E-state index is 10.7. The fourth-order valence-electron chi connectivity index (χ4n) is 0.901. The maximum atomic E-state index is 10.7. The second-order valence-electron chi connectivity index (χ2n) is 1.93. The van der Waals surface area contributed by atoms with Crippen molar-refractivity contribution >= 4 is 12.1 Å². The lowest BCUT2D eigenvalue weighted by atomic mass is 10.2. The van der Waals surface area contributed by atoms with Crippen LogP contribution < -0.4 is 10.9 Å². The molecule has 0 radical (unpaired) electrons. The van der Waals surface area contributed by atoms with Gasteiger partial charge in [0, 0.05) is 6.54 Å². The average molecular weight is 123 g/mol. The summed E-state index contributed by atoms with van der Waals surface area (Å²) < 4.78 is 0. The summed E-state index contributed by atoms with van der Waals surface area (Å²) in [6, 6.07) is 0. The van der Waals surface area contributed by atoms with Crippen molar-refractivity contribution in [2.24, 2.45) is 4.99 Å². The molecular weight excluding hydrogens is 118 g/mol. The van der Waals surface area contributed by atoms with E-state index in [0.29, 0.717) is 6.54 Å². The Hall–Kier alpha value is -1.16. The van der Waals surface area contributed by atoms with Crippen molar-refractivity contribution in [3.8, 4) is 0 Å². The molecule has 2 aliphatic heterocycles. The van der Waals surface area contributed by atoms with Crippen LogP contribution in [0.2, 0.25) is 0 Å². The van der Waals surface area contributed by atoms with Gasteiger partial charge in [0.1, 0.15) is 0 Å². The summed E-state index contributed by atoms with van der Waals surface area (Å²) in [4.78, 5) is 14.3. The Bertz CT molecular complexity index is 222. The van der Waals surface area contributed by atoms with Gasteiger partial charge in [0.2, 0.25) is 0 Å². The van der Waals surface area contributed by atoms with Crippen molar-refractivity contribution in [1.29, 1.82) is 0 Å². The van der Waals surface area contributed by atoms with Crippen LogP contribution in [0.3, 0.4) is 0 Å². The molecule has 0 unspecified atom stereocenters. The third-order valence-electron chi connectivity index (χ3n) is 1.38. The zero-order valence-corrected chi connectivity index (χ0v) is 4.64. The monoisotopic (exact) mass is 123 g/mol. The summed E-state index contributed by atoms with van der Waals surface area (Å²) in [5.74, 6) is -0.123. The molecule has 0 aromatic rings. The number of carbonyl (C=O) groups is 1. The van der Waals surface area contributed by atoms with Gasteiger partial charge in [-0.15, -0.1) is 0 Å². The molecular formula is C5H5N3O. The minimum Gasteiger partial charge on any atom is -0.319 e. The highest BCUT2D eigenvalue weighted by Gasteiger charge is 2.22. The van der Waals surface area contributed by atoms with Crippen molar-refractivity contribution in [3.63, 3.8) is 0 Å². The molecule has 9 heavy (non-hydrogen) atoms. The molecule has 0 aromatic heterocycles. The van der Waals surface area contributed by atoms with E-state index in [4.69, 9.17) is 0 Å². The van der Waals surface area contributed by atoms with E-state index >= 15 is 0 Å². The summed E-state index contributed by atoms with van der Waals surface area (Å²) in [7, 11) is 0. The molecule has 0 aliphatic carbocycles. The van der Waals surface area contributed by atoms with Gasteiger partial charge in [0.25, 0.3) is 5.91 Å². The summed E-state index contributed by atoms with van der Waals surface area (Å²) in [6.45, 7) is 0.591. The molecule has 0 atom stereocenters. The Kier molecular flexibility index (Phi) is 0.738. The number of hydrogen-bond acceptors (Lipinski definition) is 3. The zero-order valence-electron chi connectivity index (χ0n) is 4.64. The highest BCUT2D eigenvalue weighted by molar-refractivity contribution is 6.11. The standard InChI is InChI=1S/C5H5N3O/c9-5-3-1-7-8-4(3)2-6-5/h2,7-8H,1H2. The Balaban J connectivity index is 2.44. The summed E-state index contributed by atoms with van der Waals surface area (Å²) in [5, 5.41) is 0. The second kappa shape index (κ2) is 1.41. The number of hydrogen-bond donors (Lipinski definition) is 2. The molecule has 2 N–H and O–H groups in total. The van der Waals surface area contributed by atoms with Gasteiger partial charge in [-0.2, -0.15) is 0 Å². The van der Waals surface area contributed by atoms with Crippen LogP contribution >= 0.6 is 0 Å². The van der Waals surface area contributed by atoms with E-state index in [2.05, 4.69) is 15.8 Å². The Morgan fingerprint density at radius 2 is 2.56 bits per heavy atom. The minimum atomic E-state index is -0.123.